The summed E-state index contributed by atoms with van der Waals surface area (Å²) in [6.45, 7) is 10.4. The summed E-state index contributed by atoms with van der Waals surface area (Å²) in [6, 6.07) is 2.69. The first-order chi connectivity index (χ1) is 19.0. The second-order valence-corrected chi connectivity index (χ2v) is 12.1. The van der Waals surface area contributed by atoms with Crippen LogP contribution in [0.4, 0.5) is 10.1 Å². The third kappa shape index (κ3) is 5.69. The summed E-state index contributed by atoms with van der Waals surface area (Å²) in [5.74, 6) is -0.0140. The number of nitrogens with one attached hydrogen (secondary N) is 2. The lowest BCUT2D eigenvalue weighted by molar-refractivity contribution is -0.136. The first-order valence-electron chi connectivity index (χ1n) is 14.8. The van der Waals surface area contributed by atoms with E-state index in [2.05, 4.69) is 25.3 Å². The van der Waals surface area contributed by atoms with Gasteiger partial charge in [-0.25, -0.2) is 4.39 Å². The smallest absolute Gasteiger partial charge is 0.255 e. The Balaban J connectivity index is 1.03. The number of fused-ring (bicyclic) bond motifs is 1. The van der Waals surface area contributed by atoms with Crippen molar-refractivity contribution in [1.29, 1.82) is 0 Å². The van der Waals surface area contributed by atoms with Crippen LogP contribution in [0.2, 0.25) is 0 Å². The lowest BCUT2D eigenvalue weighted by Gasteiger charge is -2.41. The maximum atomic E-state index is 15.7. The van der Waals surface area contributed by atoms with Gasteiger partial charge in [-0.3, -0.25) is 24.6 Å². The van der Waals surface area contributed by atoms with Gasteiger partial charge in [0.2, 0.25) is 11.8 Å². The number of halogens is 1. The fourth-order valence-corrected chi connectivity index (χ4v) is 7.28. The molecule has 1 aromatic carbocycles. The minimum atomic E-state index is -0.732. The third-order valence-corrected chi connectivity index (χ3v) is 9.38. The number of benzene rings is 1. The Morgan fingerprint density at radius 1 is 0.897 bits per heavy atom. The fraction of sp³-hybridized carbons (Fsp3) is 0.690. The Bertz CT molecular complexity index is 1100. The van der Waals surface area contributed by atoms with Crippen molar-refractivity contribution in [3.8, 4) is 0 Å². The van der Waals surface area contributed by atoms with Crippen molar-refractivity contribution in [2.75, 3.05) is 70.3 Å². The second kappa shape index (κ2) is 11.5. The van der Waals surface area contributed by atoms with E-state index in [0.717, 1.165) is 45.2 Å². The molecular weight excluding hydrogens is 499 g/mol. The van der Waals surface area contributed by atoms with Crippen LogP contribution < -0.4 is 15.5 Å². The van der Waals surface area contributed by atoms with Crippen molar-refractivity contribution in [3.63, 3.8) is 0 Å². The second-order valence-electron chi connectivity index (χ2n) is 12.1. The molecule has 0 bridgehead atoms. The van der Waals surface area contributed by atoms with Crippen LogP contribution in [0, 0.1) is 17.7 Å². The predicted octanol–water partition coefficient (Wildman–Crippen LogP) is 1.42. The van der Waals surface area contributed by atoms with Crippen molar-refractivity contribution in [2.24, 2.45) is 11.8 Å². The monoisotopic (exact) mass is 540 g/mol. The number of rotatable bonds is 6. The molecular formula is C29H41FN6O3. The van der Waals surface area contributed by atoms with Crippen molar-refractivity contribution >= 4 is 23.4 Å². The molecule has 3 atom stereocenters. The summed E-state index contributed by atoms with van der Waals surface area (Å²) >= 11 is 0. The Morgan fingerprint density at radius 3 is 2.46 bits per heavy atom. The van der Waals surface area contributed by atoms with Gasteiger partial charge < -0.3 is 20.0 Å². The number of piperidine rings is 3. The molecule has 0 spiro atoms. The van der Waals surface area contributed by atoms with Crippen LogP contribution in [0.15, 0.2) is 12.1 Å². The van der Waals surface area contributed by atoms with Gasteiger partial charge in [-0.15, -0.1) is 0 Å². The number of carbonyl (C=O) groups is 3. The lowest BCUT2D eigenvalue weighted by Crippen LogP contribution is -2.52. The average molecular weight is 541 g/mol. The quantitative estimate of drug-likeness (QED) is 0.528. The highest BCUT2D eigenvalue weighted by Gasteiger charge is 2.41. The number of hydrogen-bond donors (Lipinski definition) is 2. The summed E-state index contributed by atoms with van der Waals surface area (Å²) in [4.78, 5) is 45.6. The molecule has 0 saturated carbocycles. The van der Waals surface area contributed by atoms with Gasteiger partial charge in [0, 0.05) is 63.4 Å². The number of hydrogen-bond acceptors (Lipinski definition) is 7. The molecule has 4 saturated heterocycles. The summed E-state index contributed by atoms with van der Waals surface area (Å²) in [5.41, 5.74) is 1.22. The van der Waals surface area contributed by atoms with Gasteiger partial charge >= 0.3 is 0 Å². The van der Waals surface area contributed by atoms with Gasteiger partial charge in [0.1, 0.15) is 6.04 Å². The van der Waals surface area contributed by atoms with Crippen LogP contribution in [0.5, 0.6) is 0 Å². The summed E-state index contributed by atoms with van der Waals surface area (Å²) in [7, 11) is 0. The van der Waals surface area contributed by atoms with Crippen LogP contribution in [-0.4, -0.2) is 104 Å². The Kier molecular flexibility index (Phi) is 7.86. The Labute approximate surface area is 230 Å². The van der Waals surface area contributed by atoms with Crippen molar-refractivity contribution < 1.29 is 18.8 Å². The normalized spacial score (nSPS) is 29.1. The van der Waals surface area contributed by atoms with Crippen LogP contribution in [0.3, 0.4) is 0 Å². The van der Waals surface area contributed by atoms with Crippen molar-refractivity contribution in [2.45, 2.75) is 51.1 Å². The van der Waals surface area contributed by atoms with E-state index in [9.17, 15) is 14.4 Å². The minimum Gasteiger partial charge on any atom is -0.367 e. The number of nitrogens with zero attached hydrogens (tertiary/aromatic N) is 4. The van der Waals surface area contributed by atoms with Gasteiger partial charge in [-0.05, 0) is 75.7 Å². The molecule has 0 radical (unpaired) electrons. The molecule has 212 valence electrons. The highest BCUT2D eigenvalue weighted by atomic mass is 19.1. The van der Waals surface area contributed by atoms with E-state index in [4.69, 9.17) is 0 Å². The van der Waals surface area contributed by atoms with Gasteiger partial charge in [-0.2, -0.15) is 0 Å². The molecule has 5 aliphatic heterocycles. The molecule has 39 heavy (non-hydrogen) atoms. The standard InChI is InChI=1S/C29H41FN6O3/c30-27-23-19-36(25-7-8-26(37)32-28(25)38)29(39)22(23)5-6-24(27)35-13-11-33(12-14-35)17-21-4-2-10-34(18-21)16-20-3-1-9-31-15-20/h5-6,20-21,25,31H,1-4,7-19H2,(H,32,37,38)/t20-,21+,25?/m0/s1. The Hall–Kier alpha value is -2.56. The molecule has 1 unspecified atom stereocenters. The number of imide groups is 1. The largest absolute Gasteiger partial charge is 0.367 e. The van der Waals surface area contributed by atoms with Crippen LogP contribution >= 0.6 is 0 Å². The number of carbonyl (C=O) groups excluding carboxylic acids is 3. The summed E-state index contributed by atoms with van der Waals surface area (Å²) in [6.07, 6.45) is 5.67. The fourth-order valence-electron chi connectivity index (χ4n) is 7.28. The molecule has 6 rings (SSSR count). The first kappa shape index (κ1) is 26.7. The summed E-state index contributed by atoms with van der Waals surface area (Å²) in [5, 5.41) is 5.85. The van der Waals surface area contributed by atoms with Gasteiger partial charge in [-0.1, -0.05) is 0 Å². The predicted molar refractivity (Wildman–Crippen MR) is 146 cm³/mol. The van der Waals surface area contributed by atoms with Gasteiger partial charge in [0.15, 0.2) is 5.82 Å². The van der Waals surface area contributed by atoms with Crippen molar-refractivity contribution in [1.82, 2.24) is 25.3 Å². The zero-order chi connectivity index (χ0) is 26.9. The average Bonchev–Trinajstić information content (AvgIpc) is 3.27. The first-order valence-corrected chi connectivity index (χ1v) is 14.8. The van der Waals surface area contributed by atoms with Gasteiger partial charge in [0.25, 0.3) is 5.91 Å². The van der Waals surface area contributed by atoms with E-state index in [1.165, 1.54) is 56.8 Å². The van der Waals surface area contributed by atoms with Crippen LogP contribution in [-0.2, 0) is 16.1 Å². The third-order valence-electron chi connectivity index (χ3n) is 9.38. The molecule has 0 aromatic heterocycles. The molecule has 0 aliphatic carbocycles. The van der Waals surface area contributed by atoms with E-state index in [1.54, 1.807) is 12.1 Å². The van der Waals surface area contributed by atoms with Crippen LogP contribution in [0.25, 0.3) is 0 Å². The SMILES string of the molecule is O=C1CCC(N2Cc3c(ccc(N4CCN(C[C@H]5CCCN(C[C@H]6CCCNC6)C5)CC4)c3F)C2=O)C(=O)N1. The molecule has 3 amide bonds. The molecule has 9 nitrogen and oxygen atoms in total. The molecule has 2 N–H and O–H groups in total. The number of anilines is 1. The number of likely N-dealkylation sites (tertiary alicyclic amines) is 1. The number of amides is 3. The van der Waals surface area contributed by atoms with E-state index in [1.807, 2.05) is 0 Å². The minimum absolute atomic E-state index is 0.0647. The van der Waals surface area contributed by atoms with E-state index in [0.29, 0.717) is 22.7 Å². The van der Waals surface area contributed by atoms with E-state index < -0.39 is 11.9 Å². The topological polar surface area (TPSA) is 88.2 Å². The highest BCUT2D eigenvalue weighted by molar-refractivity contribution is 6.05. The maximum Gasteiger partial charge on any atom is 0.255 e. The molecule has 10 heteroatoms. The van der Waals surface area contributed by atoms with E-state index in [-0.39, 0.29) is 37.0 Å². The van der Waals surface area contributed by atoms with Gasteiger partial charge in [0.05, 0.1) is 12.2 Å². The molecule has 1 aromatic rings. The zero-order valence-corrected chi connectivity index (χ0v) is 22.8. The zero-order valence-electron chi connectivity index (χ0n) is 22.8. The molecule has 5 aliphatic rings. The Morgan fingerprint density at radius 2 is 1.69 bits per heavy atom. The van der Waals surface area contributed by atoms with Crippen molar-refractivity contribution in [3.05, 3.63) is 29.1 Å². The van der Waals surface area contributed by atoms with Crippen LogP contribution in [0.1, 0.15) is 54.4 Å². The highest BCUT2D eigenvalue weighted by Crippen LogP contribution is 2.34. The molecule has 4 fully saturated rings. The maximum absolute atomic E-state index is 15.7. The van der Waals surface area contributed by atoms with E-state index >= 15 is 4.39 Å². The summed E-state index contributed by atoms with van der Waals surface area (Å²) < 4.78 is 15.7. The lowest BCUT2D eigenvalue weighted by atomic mass is 9.94. The number of piperazine rings is 1. The molecule has 5 heterocycles.